The first-order valence-corrected chi connectivity index (χ1v) is 6.91. The lowest BCUT2D eigenvalue weighted by Crippen LogP contribution is -2.00. The monoisotopic (exact) mass is 302 g/mol. The van der Waals surface area contributed by atoms with Crippen molar-refractivity contribution in [3.63, 3.8) is 0 Å². The second-order valence-electron chi connectivity index (χ2n) is 4.16. The van der Waals surface area contributed by atoms with Gasteiger partial charge in [0.2, 0.25) is 0 Å². The maximum atomic E-state index is 10.8. The van der Waals surface area contributed by atoms with E-state index in [0.29, 0.717) is 17.2 Å². The normalized spacial score (nSPS) is 10.5. The number of carboxylic acid groups (broad SMARTS) is 1. The first-order chi connectivity index (χ1) is 10.2. The second kappa shape index (κ2) is 5.76. The summed E-state index contributed by atoms with van der Waals surface area (Å²) in [7, 11) is 0. The third-order valence-corrected chi connectivity index (χ3v) is 3.55. The van der Waals surface area contributed by atoms with Crippen LogP contribution in [-0.4, -0.2) is 21.2 Å². The molecule has 3 aromatic rings. The van der Waals surface area contributed by atoms with Gasteiger partial charge in [0.15, 0.2) is 5.76 Å². The van der Waals surface area contributed by atoms with Gasteiger partial charge >= 0.3 is 5.97 Å². The van der Waals surface area contributed by atoms with E-state index in [0.717, 1.165) is 4.88 Å². The molecule has 21 heavy (non-hydrogen) atoms. The highest BCUT2D eigenvalue weighted by Crippen LogP contribution is 2.25. The zero-order chi connectivity index (χ0) is 14.7. The minimum atomic E-state index is -1.05. The molecule has 0 saturated heterocycles. The van der Waals surface area contributed by atoms with Crippen LogP contribution in [0.4, 0.5) is 0 Å². The first-order valence-electron chi connectivity index (χ1n) is 6.03. The lowest BCUT2D eigenvalue weighted by Gasteiger charge is -2.03. The number of thiophene rings is 1. The van der Waals surface area contributed by atoms with Gasteiger partial charge in [0, 0.05) is 12.3 Å². The van der Waals surface area contributed by atoms with Crippen molar-refractivity contribution < 1.29 is 19.2 Å². The minimum absolute atomic E-state index is 0.0759. The number of hydrogen-bond donors (Lipinski definition) is 1. The molecule has 0 fully saturated rings. The number of aromatic nitrogens is 2. The molecule has 0 bridgehead atoms. The lowest BCUT2D eigenvalue weighted by molar-refractivity contribution is 0.0696. The molecule has 0 amide bonds. The smallest absolute Gasteiger partial charge is 0.337 e. The molecule has 0 aliphatic rings. The summed E-state index contributed by atoms with van der Waals surface area (Å²) in [4.78, 5) is 15.6. The highest BCUT2D eigenvalue weighted by atomic mass is 32.1. The van der Waals surface area contributed by atoms with Gasteiger partial charge in [-0.25, -0.2) is 4.79 Å². The van der Waals surface area contributed by atoms with Crippen LogP contribution in [0.3, 0.4) is 0 Å². The van der Waals surface area contributed by atoms with Crippen molar-refractivity contribution in [2.75, 3.05) is 0 Å². The van der Waals surface area contributed by atoms with Gasteiger partial charge in [-0.05, 0) is 17.5 Å². The van der Waals surface area contributed by atoms with Crippen LogP contribution in [0, 0.1) is 0 Å². The number of carboxylic acids is 1. The number of pyridine rings is 1. The zero-order valence-electron chi connectivity index (χ0n) is 10.7. The van der Waals surface area contributed by atoms with E-state index in [9.17, 15) is 4.79 Å². The Bertz CT molecular complexity index is 752. The Morgan fingerprint density at radius 2 is 2.29 bits per heavy atom. The Morgan fingerprint density at radius 1 is 1.38 bits per heavy atom. The molecule has 0 aromatic carbocycles. The number of carbonyl (C=O) groups is 1. The third kappa shape index (κ3) is 3.09. The summed E-state index contributed by atoms with van der Waals surface area (Å²) in [5.41, 5.74) is 0.700. The number of aromatic carboxylic acids is 1. The highest BCUT2D eigenvalue weighted by molar-refractivity contribution is 7.13. The fourth-order valence-corrected chi connectivity index (χ4v) is 2.36. The SMILES string of the molecule is O=C(O)c1cncc(OCc2cc(-c3cccs3)on2)c1. The zero-order valence-corrected chi connectivity index (χ0v) is 11.5. The fraction of sp³-hybridized carbons (Fsp3) is 0.0714. The molecule has 0 unspecified atom stereocenters. The molecule has 106 valence electrons. The van der Waals surface area contributed by atoms with E-state index in [1.54, 1.807) is 17.4 Å². The molecule has 0 radical (unpaired) electrons. The summed E-state index contributed by atoms with van der Waals surface area (Å²) < 4.78 is 10.7. The van der Waals surface area contributed by atoms with Gasteiger partial charge in [-0.1, -0.05) is 11.2 Å². The predicted molar refractivity (Wildman–Crippen MR) is 75.3 cm³/mol. The van der Waals surface area contributed by atoms with Gasteiger partial charge in [-0.2, -0.15) is 0 Å². The fourth-order valence-electron chi connectivity index (χ4n) is 1.69. The summed E-state index contributed by atoms with van der Waals surface area (Å²) in [5.74, 6) is 0.00551. The van der Waals surface area contributed by atoms with E-state index in [2.05, 4.69) is 10.1 Å². The van der Waals surface area contributed by atoms with Gasteiger partial charge in [0.25, 0.3) is 0 Å². The molecule has 1 N–H and O–H groups in total. The van der Waals surface area contributed by atoms with Crippen LogP contribution in [0.5, 0.6) is 5.75 Å². The molecule has 0 atom stereocenters. The van der Waals surface area contributed by atoms with Gasteiger partial charge in [0.1, 0.15) is 18.1 Å². The Kier molecular flexibility index (Phi) is 3.65. The maximum Gasteiger partial charge on any atom is 0.337 e. The molecule has 6 nitrogen and oxygen atoms in total. The van der Waals surface area contributed by atoms with Crippen LogP contribution in [0.2, 0.25) is 0 Å². The van der Waals surface area contributed by atoms with Crippen molar-refractivity contribution >= 4 is 17.3 Å². The lowest BCUT2D eigenvalue weighted by atomic mass is 10.3. The summed E-state index contributed by atoms with van der Waals surface area (Å²) in [6, 6.07) is 7.08. The van der Waals surface area contributed by atoms with E-state index in [4.69, 9.17) is 14.4 Å². The molecule has 0 spiro atoms. The summed E-state index contributed by atoms with van der Waals surface area (Å²) in [6.45, 7) is 0.180. The standard InChI is InChI=1S/C14H10N2O4S/c17-14(18)9-4-11(7-15-6-9)19-8-10-5-12(20-16-10)13-2-1-3-21-13/h1-7H,8H2,(H,17,18). The number of hydrogen-bond acceptors (Lipinski definition) is 6. The van der Waals surface area contributed by atoms with Gasteiger partial charge in [-0.15, -0.1) is 11.3 Å². The van der Waals surface area contributed by atoms with E-state index >= 15 is 0 Å². The van der Waals surface area contributed by atoms with Crippen molar-refractivity contribution in [1.29, 1.82) is 0 Å². The third-order valence-electron chi connectivity index (χ3n) is 2.67. The number of ether oxygens (including phenoxy) is 1. The van der Waals surface area contributed by atoms with Crippen LogP contribution < -0.4 is 4.74 Å². The Balaban J connectivity index is 1.68. The second-order valence-corrected chi connectivity index (χ2v) is 5.11. The van der Waals surface area contributed by atoms with Crippen LogP contribution in [0.25, 0.3) is 10.6 Å². The molecule has 3 heterocycles. The van der Waals surface area contributed by atoms with Crippen molar-refractivity contribution in [2.45, 2.75) is 6.61 Å². The van der Waals surface area contributed by atoms with Gasteiger partial charge < -0.3 is 14.4 Å². The minimum Gasteiger partial charge on any atom is -0.486 e. The molecule has 0 aliphatic heterocycles. The van der Waals surface area contributed by atoms with Crippen LogP contribution in [0.1, 0.15) is 16.1 Å². The quantitative estimate of drug-likeness (QED) is 0.779. The highest BCUT2D eigenvalue weighted by Gasteiger charge is 2.09. The summed E-state index contributed by atoms with van der Waals surface area (Å²) in [5, 5.41) is 14.8. The van der Waals surface area contributed by atoms with Gasteiger partial charge in [-0.3, -0.25) is 4.98 Å². The maximum absolute atomic E-state index is 10.8. The number of rotatable bonds is 5. The van der Waals surface area contributed by atoms with Crippen LogP contribution >= 0.6 is 11.3 Å². The topological polar surface area (TPSA) is 85.5 Å². The van der Waals surface area contributed by atoms with E-state index in [1.807, 2.05) is 17.5 Å². The average Bonchev–Trinajstić information content (AvgIpc) is 3.16. The van der Waals surface area contributed by atoms with Crippen molar-refractivity contribution in [3.8, 4) is 16.4 Å². The van der Waals surface area contributed by atoms with E-state index in [-0.39, 0.29) is 12.2 Å². The van der Waals surface area contributed by atoms with E-state index in [1.165, 1.54) is 18.5 Å². The Morgan fingerprint density at radius 3 is 3.05 bits per heavy atom. The molecule has 3 rings (SSSR count). The summed E-state index contributed by atoms with van der Waals surface area (Å²) >= 11 is 1.56. The molecular formula is C14H10N2O4S. The van der Waals surface area contributed by atoms with Crippen molar-refractivity contribution in [1.82, 2.24) is 10.1 Å². The average molecular weight is 302 g/mol. The van der Waals surface area contributed by atoms with Crippen LogP contribution in [-0.2, 0) is 6.61 Å². The van der Waals surface area contributed by atoms with Crippen LogP contribution in [0.15, 0.2) is 46.6 Å². The van der Waals surface area contributed by atoms with E-state index < -0.39 is 5.97 Å². The first kappa shape index (κ1) is 13.3. The molecule has 7 heteroatoms. The summed E-state index contributed by atoms with van der Waals surface area (Å²) in [6.07, 6.45) is 2.72. The Labute approximate surface area is 123 Å². The molecular weight excluding hydrogens is 292 g/mol. The molecule has 0 aliphatic carbocycles. The predicted octanol–water partition coefficient (Wildman–Crippen LogP) is 3.08. The number of nitrogens with zero attached hydrogens (tertiary/aromatic N) is 2. The van der Waals surface area contributed by atoms with Gasteiger partial charge in [0.05, 0.1) is 16.6 Å². The van der Waals surface area contributed by atoms with Crippen molar-refractivity contribution in [3.05, 3.63) is 53.3 Å². The molecule has 3 aromatic heterocycles. The Hall–Kier alpha value is -2.67. The van der Waals surface area contributed by atoms with Crippen molar-refractivity contribution in [2.24, 2.45) is 0 Å². The largest absolute Gasteiger partial charge is 0.486 e. The molecule has 0 saturated carbocycles.